The van der Waals surface area contributed by atoms with E-state index in [1.165, 1.54) is 13.8 Å². The van der Waals surface area contributed by atoms with E-state index in [0.29, 0.717) is 42.2 Å². The first kappa shape index (κ1) is 30.2. The minimum Gasteiger partial charge on any atom is -0.493 e. The standard InChI is InChI=1S/C15H18O4.C9H15NO2.C2H6/c1-11(17)13-7-6-8-14(15(13)12(2)18)19-10-5-3-4-9-16;1-3-6(2)7-4-5-8(11)10-9(7)12;1-2/h6-9H,3-5,10H2,1-2H3;6-7H,3-5H2,1-2H3,(H,10,11,12);1-2H3. The molecule has 0 radical (unpaired) electrons. The maximum Gasteiger partial charge on any atom is 0.229 e. The van der Waals surface area contributed by atoms with Crippen LogP contribution in [0.5, 0.6) is 5.75 Å². The number of carbonyl (C=O) groups is 5. The van der Waals surface area contributed by atoms with Crippen molar-refractivity contribution in [3.8, 4) is 5.75 Å². The summed E-state index contributed by atoms with van der Waals surface area (Å²) in [6.07, 6.45) is 5.09. The Morgan fingerprint density at radius 2 is 1.82 bits per heavy atom. The van der Waals surface area contributed by atoms with Crippen LogP contribution < -0.4 is 10.1 Å². The lowest BCUT2D eigenvalue weighted by atomic mass is 9.85. The zero-order valence-corrected chi connectivity index (χ0v) is 20.9. The van der Waals surface area contributed by atoms with Crippen LogP contribution in [0.15, 0.2) is 18.2 Å². The van der Waals surface area contributed by atoms with Gasteiger partial charge in [0.05, 0.1) is 12.2 Å². The van der Waals surface area contributed by atoms with Crippen LogP contribution in [-0.4, -0.2) is 36.3 Å². The maximum atomic E-state index is 11.6. The van der Waals surface area contributed by atoms with Crippen molar-refractivity contribution in [3.63, 3.8) is 0 Å². The second-order valence-corrected chi connectivity index (χ2v) is 7.75. The summed E-state index contributed by atoms with van der Waals surface area (Å²) in [5.41, 5.74) is 0.725. The molecule has 2 amide bonds. The Hall–Kier alpha value is -2.83. The van der Waals surface area contributed by atoms with Gasteiger partial charge in [-0.15, -0.1) is 0 Å². The Kier molecular flexibility index (Phi) is 15.3. The van der Waals surface area contributed by atoms with E-state index < -0.39 is 0 Å². The third-order valence-electron chi connectivity index (χ3n) is 5.34. The summed E-state index contributed by atoms with van der Waals surface area (Å²) in [5.74, 6) is 0.322. The molecule has 184 valence electrons. The van der Waals surface area contributed by atoms with Gasteiger partial charge in [-0.25, -0.2) is 0 Å². The number of hydrogen-bond acceptors (Lipinski definition) is 6. The minimum atomic E-state index is -0.186. The van der Waals surface area contributed by atoms with Crippen LogP contribution in [0.4, 0.5) is 0 Å². The van der Waals surface area contributed by atoms with E-state index in [0.717, 1.165) is 32.0 Å². The molecule has 33 heavy (non-hydrogen) atoms. The molecule has 0 aliphatic carbocycles. The summed E-state index contributed by atoms with van der Waals surface area (Å²) in [5, 5.41) is 2.37. The van der Waals surface area contributed by atoms with E-state index in [1.807, 2.05) is 13.8 Å². The molecule has 0 aromatic heterocycles. The van der Waals surface area contributed by atoms with Gasteiger partial charge >= 0.3 is 0 Å². The fourth-order valence-electron chi connectivity index (χ4n) is 3.36. The van der Waals surface area contributed by atoms with E-state index in [1.54, 1.807) is 18.2 Å². The third kappa shape index (κ3) is 10.6. The number of rotatable bonds is 10. The van der Waals surface area contributed by atoms with Crippen molar-refractivity contribution in [2.45, 2.75) is 80.1 Å². The smallest absolute Gasteiger partial charge is 0.229 e. The number of Topliss-reactive ketones (excluding diaryl/α,β-unsaturated/α-hetero) is 2. The zero-order chi connectivity index (χ0) is 25.4. The Bertz CT molecular complexity index is 802. The molecule has 1 aliphatic rings. The van der Waals surface area contributed by atoms with Crippen LogP contribution >= 0.6 is 0 Å². The van der Waals surface area contributed by atoms with Gasteiger partial charge in [0.1, 0.15) is 12.0 Å². The molecule has 1 N–H and O–H groups in total. The highest BCUT2D eigenvalue weighted by atomic mass is 16.5. The number of ketones is 2. The summed E-state index contributed by atoms with van der Waals surface area (Å²) in [6, 6.07) is 5.01. The average molecular weight is 462 g/mol. The Balaban J connectivity index is 0.000000627. The van der Waals surface area contributed by atoms with Crippen molar-refractivity contribution >= 4 is 29.7 Å². The predicted octanol–water partition coefficient (Wildman–Crippen LogP) is 4.95. The molecular weight excluding hydrogens is 422 g/mol. The van der Waals surface area contributed by atoms with Gasteiger partial charge in [0, 0.05) is 24.3 Å². The van der Waals surface area contributed by atoms with Crippen LogP contribution in [0.2, 0.25) is 0 Å². The molecule has 1 fully saturated rings. The number of nitrogens with one attached hydrogen (secondary N) is 1. The fraction of sp³-hybridized carbons (Fsp3) is 0.577. The van der Waals surface area contributed by atoms with Crippen LogP contribution in [0, 0.1) is 11.8 Å². The van der Waals surface area contributed by atoms with Crippen molar-refractivity contribution in [1.29, 1.82) is 0 Å². The van der Waals surface area contributed by atoms with Gasteiger partial charge < -0.3 is 9.53 Å². The average Bonchev–Trinajstić information content (AvgIpc) is 2.79. The molecule has 1 aromatic carbocycles. The molecule has 1 heterocycles. The first-order valence-electron chi connectivity index (χ1n) is 11.8. The van der Waals surface area contributed by atoms with E-state index >= 15 is 0 Å². The molecule has 1 saturated heterocycles. The summed E-state index contributed by atoms with van der Waals surface area (Å²) in [6.45, 7) is 11.4. The number of imide groups is 1. The molecule has 2 rings (SSSR count). The second-order valence-electron chi connectivity index (χ2n) is 7.75. The monoisotopic (exact) mass is 461 g/mol. The number of benzene rings is 1. The lowest BCUT2D eigenvalue weighted by Crippen LogP contribution is -2.42. The fourth-order valence-corrected chi connectivity index (χ4v) is 3.36. The highest BCUT2D eigenvalue weighted by molar-refractivity contribution is 6.09. The molecule has 1 aliphatic heterocycles. The maximum absolute atomic E-state index is 11.6. The first-order chi connectivity index (χ1) is 15.7. The SMILES string of the molecule is CC.CC(=O)c1cccc(OCCCCC=O)c1C(C)=O.CCC(C)C1CCC(=O)NC1=O. The van der Waals surface area contributed by atoms with Crippen molar-refractivity contribution < 1.29 is 28.7 Å². The van der Waals surface area contributed by atoms with Crippen molar-refractivity contribution in [2.75, 3.05) is 6.61 Å². The lowest BCUT2D eigenvalue weighted by molar-refractivity contribution is -0.137. The highest BCUT2D eigenvalue weighted by Crippen LogP contribution is 2.24. The van der Waals surface area contributed by atoms with Crippen LogP contribution in [0.3, 0.4) is 0 Å². The molecule has 7 heteroatoms. The summed E-state index contributed by atoms with van der Waals surface area (Å²) in [4.78, 5) is 55.4. The molecule has 0 bridgehead atoms. The molecule has 2 unspecified atom stereocenters. The van der Waals surface area contributed by atoms with Gasteiger partial charge in [-0.2, -0.15) is 0 Å². The van der Waals surface area contributed by atoms with Crippen molar-refractivity contribution in [3.05, 3.63) is 29.3 Å². The Morgan fingerprint density at radius 3 is 2.33 bits per heavy atom. The summed E-state index contributed by atoms with van der Waals surface area (Å²) >= 11 is 0. The lowest BCUT2D eigenvalue weighted by Gasteiger charge is -2.25. The van der Waals surface area contributed by atoms with E-state index in [-0.39, 0.29) is 29.3 Å². The quantitative estimate of drug-likeness (QED) is 0.229. The van der Waals surface area contributed by atoms with Gasteiger partial charge in [0.2, 0.25) is 11.8 Å². The number of carbonyl (C=O) groups excluding carboxylic acids is 5. The predicted molar refractivity (Wildman–Crippen MR) is 129 cm³/mol. The van der Waals surface area contributed by atoms with Gasteiger partial charge in [-0.1, -0.05) is 46.2 Å². The summed E-state index contributed by atoms with van der Waals surface area (Å²) in [7, 11) is 0. The first-order valence-corrected chi connectivity index (χ1v) is 11.8. The number of unbranched alkanes of at least 4 members (excludes halogenated alkanes) is 2. The van der Waals surface area contributed by atoms with Gasteiger partial charge in [-0.05, 0) is 45.1 Å². The van der Waals surface area contributed by atoms with E-state index in [9.17, 15) is 24.0 Å². The van der Waals surface area contributed by atoms with Crippen LogP contribution in [0.1, 0.15) is 101 Å². The normalized spacial score (nSPS) is 15.6. The molecule has 2 atom stereocenters. The van der Waals surface area contributed by atoms with Gasteiger partial charge in [0.15, 0.2) is 11.6 Å². The van der Waals surface area contributed by atoms with Crippen LogP contribution in [-0.2, 0) is 14.4 Å². The van der Waals surface area contributed by atoms with E-state index in [2.05, 4.69) is 19.2 Å². The molecular formula is C26H39NO6. The number of ether oxygens (including phenoxy) is 1. The molecule has 0 spiro atoms. The summed E-state index contributed by atoms with van der Waals surface area (Å²) < 4.78 is 5.55. The topological polar surface area (TPSA) is 107 Å². The Morgan fingerprint density at radius 1 is 1.15 bits per heavy atom. The van der Waals surface area contributed by atoms with Crippen LogP contribution in [0.25, 0.3) is 0 Å². The van der Waals surface area contributed by atoms with E-state index in [4.69, 9.17) is 4.74 Å². The van der Waals surface area contributed by atoms with Crippen molar-refractivity contribution in [1.82, 2.24) is 5.32 Å². The molecule has 0 saturated carbocycles. The number of hydrogen-bond donors (Lipinski definition) is 1. The third-order valence-corrected chi connectivity index (χ3v) is 5.34. The second kappa shape index (κ2) is 16.8. The highest BCUT2D eigenvalue weighted by Gasteiger charge is 2.29. The van der Waals surface area contributed by atoms with Crippen molar-refractivity contribution in [2.24, 2.45) is 11.8 Å². The minimum absolute atomic E-state index is 0.0488. The number of aldehydes is 1. The molecule has 1 aromatic rings. The zero-order valence-electron chi connectivity index (χ0n) is 20.9. The number of amides is 2. The molecule has 7 nitrogen and oxygen atoms in total. The number of piperidine rings is 1. The van der Waals surface area contributed by atoms with Gasteiger partial charge in [0.25, 0.3) is 0 Å². The van der Waals surface area contributed by atoms with Gasteiger partial charge in [-0.3, -0.25) is 24.5 Å². The Labute approximate surface area is 197 Å². The largest absolute Gasteiger partial charge is 0.493 e.